The number of benzene rings is 2. The van der Waals surface area contributed by atoms with Gasteiger partial charge in [-0.2, -0.15) is 4.68 Å². The largest absolute Gasteiger partial charge is 0.288 e. The first-order chi connectivity index (χ1) is 10.7. The lowest BCUT2D eigenvalue weighted by molar-refractivity contribution is 0.846. The molecule has 1 N–H and O–H groups in total. The number of hydrogen-bond acceptors (Lipinski definition) is 3. The first kappa shape index (κ1) is 13.3. The van der Waals surface area contributed by atoms with E-state index in [1.807, 2.05) is 36.4 Å². The van der Waals surface area contributed by atoms with Gasteiger partial charge < -0.3 is 0 Å². The molecule has 0 radical (unpaired) electrons. The molecule has 4 aromatic rings. The van der Waals surface area contributed by atoms with Crippen molar-refractivity contribution in [2.45, 2.75) is 0 Å². The highest BCUT2D eigenvalue weighted by Crippen LogP contribution is 2.24. The van der Waals surface area contributed by atoms with Crippen LogP contribution in [0.4, 0.5) is 0 Å². The lowest BCUT2D eigenvalue weighted by atomic mass is 10.2. The second-order valence-electron chi connectivity index (χ2n) is 4.81. The summed E-state index contributed by atoms with van der Waals surface area (Å²) in [4.78, 5) is 16.7. The highest BCUT2D eigenvalue weighted by atomic mass is 35.5. The van der Waals surface area contributed by atoms with Gasteiger partial charge in [-0.1, -0.05) is 47.2 Å². The number of fused-ring (bicyclic) bond motifs is 1. The molecule has 4 nitrogen and oxygen atoms in total. The molecule has 0 bridgehead atoms. The van der Waals surface area contributed by atoms with Crippen LogP contribution in [0, 0.1) is 0 Å². The summed E-state index contributed by atoms with van der Waals surface area (Å²) in [5.41, 5.74) is 2.39. The molecule has 0 fully saturated rings. The minimum absolute atomic E-state index is 0.135. The van der Waals surface area contributed by atoms with Crippen molar-refractivity contribution < 1.29 is 0 Å². The predicted molar refractivity (Wildman–Crippen MR) is 90.0 cm³/mol. The van der Waals surface area contributed by atoms with Gasteiger partial charge >= 0.3 is 0 Å². The van der Waals surface area contributed by atoms with E-state index in [-0.39, 0.29) is 5.56 Å². The summed E-state index contributed by atoms with van der Waals surface area (Å²) in [6.07, 6.45) is 0. The Bertz CT molecular complexity index is 981. The highest BCUT2D eigenvalue weighted by molar-refractivity contribution is 7.20. The third-order valence-electron chi connectivity index (χ3n) is 3.35. The molecule has 0 aliphatic rings. The molecule has 0 amide bonds. The molecule has 4 rings (SSSR count). The van der Waals surface area contributed by atoms with E-state index in [1.54, 1.807) is 18.2 Å². The number of hydrogen-bond donors (Lipinski definition) is 1. The van der Waals surface area contributed by atoms with Crippen molar-refractivity contribution in [2.24, 2.45) is 0 Å². The Hall–Kier alpha value is -2.37. The Morgan fingerprint density at radius 1 is 1.09 bits per heavy atom. The van der Waals surface area contributed by atoms with Gasteiger partial charge in [0.25, 0.3) is 5.56 Å². The quantitative estimate of drug-likeness (QED) is 0.602. The normalized spacial score (nSPS) is 11.1. The zero-order valence-electron chi connectivity index (χ0n) is 11.3. The maximum Gasteiger partial charge on any atom is 0.273 e. The maximum atomic E-state index is 12.2. The summed E-state index contributed by atoms with van der Waals surface area (Å²) in [7, 11) is 0. The van der Waals surface area contributed by atoms with Gasteiger partial charge in [0, 0.05) is 11.1 Å². The summed E-state index contributed by atoms with van der Waals surface area (Å²) >= 11 is 7.37. The second-order valence-corrected chi connectivity index (χ2v) is 6.26. The Kier molecular flexibility index (Phi) is 3.10. The minimum Gasteiger partial charge on any atom is -0.288 e. The van der Waals surface area contributed by atoms with Crippen LogP contribution in [0.15, 0.2) is 59.4 Å². The SMILES string of the molecule is O=c1cc(-c2ccc(Cl)cc2)[nH]n1-c1nc2ccccc2s1. The van der Waals surface area contributed by atoms with Gasteiger partial charge in [-0.15, -0.1) is 0 Å². The second kappa shape index (κ2) is 5.12. The predicted octanol–water partition coefficient (Wildman–Crippen LogP) is 4.10. The average Bonchev–Trinajstić information content (AvgIpc) is 3.11. The number of thiazole rings is 1. The van der Waals surface area contributed by atoms with Crippen LogP contribution in [0.3, 0.4) is 0 Å². The number of rotatable bonds is 2. The molecule has 22 heavy (non-hydrogen) atoms. The van der Waals surface area contributed by atoms with Gasteiger partial charge in [0.1, 0.15) is 0 Å². The Morgan fingerprint density at radius 3 is 2.64 bits per heavy atom. The van der Waals surface area contributed by atoms with Crippen molar-refractivity contribution in [2.75, 3.05) is 0 Å². The van der Waals surface area contributed by atoms with Crippen LogP contribution >= 0.6 is 22.9 Å². The van der Waals surface area contributed by atoms with Crippen LogP contribution in [0.25, 0.3) is 26.6 Å². The average molecular weight is 328 g/mol. The minimum atomic E-state index is -0.135. The number of para-hydroxylation sites is 1. The van der Waals surface area contributed by atoms with E-state index in [1.165, 1.54) is 16.0 Å². The monoisotopic (exact) mass is 327 g/mol. The summed E-state index contributed by atoms with van der Waals surface area (Å²) in [5, 5.41) is 4.40. The third kappa shape index (κ3) is 2.24. The van der Waals surface area contributed by atoms with Gasteiger partial charge in [0.15, 0.2) is 0 Å². The molecule has 0 saturated heterocycles. The Balaban J connectivity index is 1.82. The summed E-state index contributed by atoms with van der Waals surface area (Å²) in [5.74, 6) is 0. The standard InChI is InChI=1S/C16H10ClN3OS/c17-11-7-5-10(6-8-11)13-9-15(21)20(19-13)16-18-12-3-1-2-4-14(12)22-16/h1-9,19H. The van der Waals surface area contributed by atoms with Crippen LogP contribution in [0.1, 0.15) is 0 Å². The topological polar surface area (TPSA) is 50.7 Å². The van der Waals surface area contributed by atoms with Crippen LogP contribution < -0.4 is 5.56 Å². The van der Waals surface area contributed by atoms with Crippen LogP contribution in [-0.4, -0.2) is 14.8 Å². The van der Waals surface area contributed by atoms with E-state index in [4.69, 9.17) is 11.6 Å². The van der Waals surface area contributed by atoms with E-state index >= 15 is 0 Å². The fourth-order valence-corrected chi connectivity index (χ4v) is 3.33. The van der Waals surface area contributed by atoms with Gasteiger partial charge in [-0.3, -0.25) is 9.89 Å². The number of nitrogens with zero attached hydrogens (tertiary/aromatic N) is 2. The van der Waals surface area contributed by atoms with Crippen molar-refractivity contribution >= 4 is 33.2 Å². The van der Waals surface area contributed by atoms with E-state index in [0.29, 0.717) is 10.2 Å². The fraction of sp³-hybridized carbons (Fsp3) is 0. The Labute approximate surface area is 134 Å². The molecular weight excluding hydrogens is 318 g/mol. The van der Waals surface area contributed by atoms with Crippen molar-refractivity contribution in [3.63, 3.8) is 0 Å². The van der Waals surface area contributed by atoms with Crippen molar-refractivity contribution in [3.05, 3.63) is 70.0 Å². The van der Waals surface area contributed by atoms with Crippen LogP contribution in [-0.2, 0) is 0 Å². The molecule has 0 unspecified atom stereocenters. The summed E-state index contributed by atoms with van der Waals surface area (Å²) in [6.45, 7) is 0. The number of H-pyrrole nitrogens is 1. The van der Waals surface area contributed by atoms with Crippen LogP contribution in [0.5, 0.6) is 0 Å². The summed E-state index contributed by atoms with van der Waals surface area (Å²) in [6, 6.07) is 16.7. The zero-order chi connectivity index (χ0) is 15.1. The molecule has 0 aliphatic carbocycles. The number of halogens is 1. The van der Waals surface area contributed by atoms with Gasteiger partial charge in [-0.25, -0.2) is 4.98 Å². The number of aromatic amines is 1. The lowest BCUT2D eigenvalue weighted by Crippen LogP contribution is -2.12. The number of nitrogens with one attached hydrogen (secondary N) is 1. The van der Waals surface area contributed by atoms with Gasteiger partial charge in [-0.05, 0) is 29.8 Å². The van der Waals surface area contributed by atoms with Gasteiger partial charge in [0.05, 0.1) is 15.9 Å². The smallest absolute Gasteiger partial charge is 0.273 e. The maximum absolute atomic E-state index is 12.2. The molecular formula is C16H10ClN3OS. The Morgan fingerprint density at radius 2 is 1.86 bits per heavy atom. The van der Waals surface area contributed by atoms with Crippen LogP contribution in [0.2, 0.25) is 5.02 Å². The molecule has 2 aromatic heterocycles. The van der Waals surface area contributed by atoms with Crippen molar-refractivity contribution in [1.82, 2.24) is 14.8 Å². The molecule has 6 heteroatoms. The van der Waals surface area contributed by atoms with Crippen molar-refractivity contribution in [1.29, 1.82) is 0 Å². The fourth-order valence-electron chi connectivity index (χ4n) is 2.27. The summed E-state index contributed by atoms with van der Waals surface area (Å²) < 4.78 is 2.52. The van der Waals surface area contributed by atoms with E-state index < -0.39 is 0 Å². The molecule has 0 spiro atoms. The lowest BCUT2D eigenvalue weighted by Gasteiger charge is -1.98. The third-order valence-corrected chi connectivity index (χ3v) is 4.62. The highest BCUT2D eigenvalue weighted by Gasteiger charge is 2.11. The van der Waals surface area contributed by atoms with Crippen molar-refractivity contribution in [3.8, 4) is 16.4 Å². The molecule has 2 heterocycles. The first-order valence-corrected chi connectivity index (χ1v) is 7.84. The van der Waals surface area contributed by atoms with E-state index in [9.17, 15) is 4.79 Å². The molecule has 0 aliphatic heterocycles. The first-order valence-electron chi connectivity index (χ1n) is 6.65. The number of aromatic nitrogens is 3. The van der Waals surface area contributed by atoms with Gasteiger partial charge in [0.2, 0.25) is 5.13 Å². The zero-order valence-corrected chi connectivity index (χ0v) is 12.9. The molecule has 2 aromatic carbocycles. The van der Waals surface area contributed by atoms with E-state index in [0.717, 1.165) is 21.5 Å². The molecule has 108 valence electrons. The molecule has 0 atom stereocenters. The van der Waals surface area contributed by atoms with E-state index in [2.05, 4.69) is 10.1 Å². The molecule has 0 saturated carbocycles.